The first-order chi connectivity index (χ1) is 8.54. The first-order valence-electron chi connectivity index (χ1n) is 5.02. The number of benzene rings is 1. The second kappa shape index (κ2) is 5.62. The first-order valence-corrected chi connectivity index (χ1v) is 6.61. The van der Waals surface area contributed by atoms with Gasteiger partial charge in [0.25, 0.3) is 0 Å². The van der Waals surface area contributed by atoms with E-state index in [1.54, 1.807) is 18.2 Å². The third kappa shape index (κ3) is 3.39. The molecule has 0 aliphatic carbocycles. The van der Waals surface area contributed by atoms with Gasteiger partial charge in [-0.05, 0) is 34.1 Å². The molecule has 94 valence electrons. The lowest BCUT2D eigenvalue weighted by atomic mass is 10.2. The summed E-state index contributed by atoms with van der Waals surface area (Å²) in [6, 6.07) is 6.33. The van der Waals surface area contributed by atoms with Gasteiger partial charge in [-0.25, -0.2) is 9.37 Å². The van der Waals surface area contributed by atoms with E-state index >= 15 is 0 Å². The topological polar surface area (TPSA) is 63.8 Å². The molecular formula is C11H9Br2FN4. The van der Waals surface area contributed by atoms with Crippen molar-refractivity contribution in [2.75, 3.05) is 11.1 Å². The van der Waals surface area contributed by atoms with Crippen LogP contribution < -0.4 is 11.1 Å². The second-order valence-corrected chi connectivity index (χ2v) is 5.26. The zero-order chi connectivity index (χ0) is 13.1. The van der Waals surface area contributed by atoms with Gasteiger partial charge in [0.15, 0.2) is 0 Å². The molecular weight excluding hydrogens is 367 g/mol. The number of nitrogens with two attached hydrogens (primary N) is 1. The van der Waals surface area contributed by atoms with E-state index in [2.05, 4.69) is 47.1 Å². The summed E-state index contributed by atoms with van der Waals surface area (Å²) in [5.74, 6) is 0.406. The summed E-state index contributed by atoms with van der Waals surface area (Å²) in [5.41, 5.74) is 6.10. The molecule has 18 heavy (non-hydrogen) atoms. The third-order valence-corrected chi connectivity index (χ3v) is 3.06. The number of halogens is 3. The first kappa shape index (κ1) is 13.2. The molecule has 0 saturated heterocycles. The Balaban J connectivity index is 2.13. The highest BCUT2D eigenvalue weighted by molar-refractivity contribution is 9.10. The highest BCUT2D eigenvalue weighted by Gasteiger charge is 2.05. The van der Waals surface area contributed by atoms with Crippen molar-refractivity contribution in [3.05, 3.63) is 44.7 Å². The van der Waals surface area contributed by atoms with Crippen molar-refractivity contribution < 1.29 is 4.39 Å². The van der Waals surface area contributed by atoms with Crippen molar-refractivity contribution in [3.8, 4) is 0 Å². The van der Waals surface area contributed by atoms with Gasteiger partial charge in [0.2, 0.25) is 5.95 Å². The minimum absolute atomic E-state index is 0.279. The molecule has 7 heteroatoms. The number of rotatable bonds is 3. The number of nitrogens with one attached hydrogen (secondary N) is 1. The van der Waals surface area contributed by atoms with Gasteiger partial charge < -0.3 is 11.1 Å². The molecule has 0 aliphatic rings. The summed E-state index contributed by atoms with van der Waals surface area (Å²) >= 11 is 6.51. The number of aromatic nitrogens is 2. The van der Waals surface area contributed by atoms with Gasteiger partial charge in [0.05, 0.1) is 0 Å². The Morgan fingerprint density at radius 2 is 2.00 bits per heavy atom. The van der Waals surface area contributed by atoms with Crippen LogP contribution in [0, 0.1) is 5.82 Å². The van der Waals surface area contributed by atoms with Crippen molar-refractivity contribution in [1.82, 2.24) is 9.97 Å². The maximum absolute atomic E-state index is 13.5. The summed E-state index contributed by atoms with van der Waals surface area (Å²) in [6.45, 7) is 0.279. The summed E-state index contributed by atoms with van der Waals surface area (Å²) < 4.78 is 14.9. The van der Waals surface area contributed by atoms with Crippen LogP contribution in [0.2, 0.25) is 0 Å². The second-order valence-electron chi connectivity index (χ2n) is 3.53. The van der Waals surface area contributed by atoms with Crippen LogP contribution >= 0.6 is 31.9 Å². The van der Waals surface area contributed by atoms with E-state index in [0.29, 0.717) is 21.9 Å². The average molecular weight is 376 g/mol. The van der Waals surface area contributed by atoms with E-state index in [-0.39, 0.29) is 12.4 Å². The summed E-state index contributed by atoms with van der Waals surface area (Å²) in [5, 5.41) is 2.92. The average Bonchev–Trinajstić information content (AvgIpc) is 2.29. The maximum Gasteiger partial charge on any atom is 0.225 e. The largest absolute Gasteiger partial charge is 0.383 e. The van der Waals surface area contributed by atoms with Gasteiger partial charge in [0.1, 0.15) is 16.2 Å². The third-order valence-electron chi connectivity index (χ3n) is 2.16. The van der Waals surface area contributed by atoms with Crippen molar-refractivity contribution in [1.29, 1.82) is 0 Å². The van der Waals surface area contributed by atoms with E-state index in [9.17, 15) is 4.39 Å². The van der Waals surface area contributed by atoms with Gasteiger partial charge in [-0.2, -0.15) is 4.98 Å². The van der Waals surface area contributed by atoms with E-state index in [4.69, 9.17) is 5.73 Å². The van der Waals surface area contributed by atoms with Gasteiger partial charge in [0, 0.05) is 22.6 Å². The molecule has 1 heterocycles. The molecule has 0 saturated carbocycles. The number of nitrogen functional groups attached to an aromatic ring is 1. The molecule has 2 aromatic rings. The Hall–Kier alpha value is -1.21. The SMILES string of the molecule is Nc1cc(Br)nc(NCc2cc(Br)ccc2F)n1. The maximum atomic E-state index is 13.5. The normalized spacial score (nSPS) is 10.4. The molecule has 0 radical (unpaired) electrons. The molecule has 0 spiro atoms. The van der Waals surface area contributed by atoms with Crippen LogP contribution in [0.1, 0.15) is 5.56 Å². The molecule has 3 N–H and O–H groups in total. The number of nitrogens with zero attached hydrogens (tertiary/aromatic N) is 2. The summed E-state index contributed by atoms with van der Waals surface area (Å²) in [4.78, 5) is 8.07. The quantitative estimate of drug-likeness (QED) is 0.807. The van der Waals surface area contributed by atoms with E-state index in [0.717, 1.165) is 4.47 Å². The van der Waals surface area contributed by atoms with Gasteiger partial charge in [-0.1, -0.05) is 15.9 Å². The van der Waals surface area contributed by atoms with Crippen LogP contribution in [0.3, 0.4) is 0 Å². The molecule has 0 aliphatic heterocycles. The fraction of sp³-hybridized carbons (Fsp3) is 0.0909. The molecule has 0 atom stereocenters. The minimum atomic E-state index is -0.284. The number of anilines is 2. The zero-order valence-corrected chi connectivity index (χ0v) is 12.3. The van der Waals surface area contributed by atoms with Gasteiger partial charge >= 0.3 is 0 Å². The summed E-state index contributed by atoms with van der Waals surface area (Å²) in [7, 11) is 0. The van der Waals surface area contributed by atoms with Crippen molar-refractivity contribution in [2.45, 2.75) is 6.54 Å². The molecule has 0 amide bonds. The minimum Gasteiger partial charge on any atom is -0.383 e. The van der Waals surface area contributed by atoms with E-state index in [1.807, 2.05) is 0 Å². The number of hydrogen-bond donors (Lipinski definition) is 2. The molecule has 4 nitrogen and oxygen atoms in total. The molecule has 0 bridgehead atoms. The van der Waals surface area contributed by atoms with Crippen molar-refractivity contribution >= 4 is 43.6 Å². The Morgan fingerprint density at radius 3 is 2.72 bits per heavy atom. The lowest BCUT2D eigenvalue weighted by molar-refractivity contribution is 0.612. The Kier molecular flexibility index (Phi) is 4.13. The Morgan fingerprint density at radius 1 is 1.22 bits per heavy atom. The predicted octanol–water partition coefficient (Wildman–Crippen LogP) is 3.34. The lowest BCUT2D eigenvalue weighted by Crippen LogP contribution is -2.06. The molecule has 1 aromatic heterocycles. The van der Waals surface area contributed by atoms with Crippen LogP contribution in [-0.2, 0) is 6.54 Å². The molecule has 0 unspecified atom stereocenters. The van der Waals surface area contributed by atoms with E-state index in [1.165, 1.54) is 6.07 Å². The Labute approximate surface area is 120 Å². The van der Waals surface area contributed by atoms with Crippen LogP contribution in [-0.4, -0.2) is 9.97 Å². The fourth-order valence-electron chi connectivity index (χ4n) is 1.37. The van der Waals surface area contributed by atoms with Gasteiger partial charge in [-0.3, -0.25) is 0 Å². The summed E-state index contributed by atoms with van der Waals surface area (Å²) in [6.07, 6.45) is 0. The van der Waals surface area contributed by atoms with E-state index < -0.39 is 0 Å². The highest BCUT2D eigenvalue weighted by Crippen LogP contribution is 2.17. The standard InChI is InChI=1S/C11H9Br2FN4/c12-7-1-2-8(14)6(3-7)5-16-11-17-9(13)4-10(15)18-11/h1-4H,5H2,(H3,15,16,17,18). The monoisotopic (exact) mass is 374 g/mol. The van der Waals surface area contributed by atoms with Crippen LogP contribution in [0.15, 0.2) is 33.3 Å². The zero-order valence-electron chi connectivity index (χ0n) is 9.12. The van der Waals surface area contributed by atoms with Gasteiger partial charge in [-0.15, -0.1) is 0 Å². The van der Waals surface area contributed by atoms with Crippen molar-refractivity contribution in [3.63, 3.8) is 0 Å². The molecule has 1 aromatic carbocycles. The lowest BCUT2D eigenvalue weighted by Gasteiger charge is -2.07. The van der Waals surface area contributed by atoms with Crippen LogP contribution in [0.5, 0.6) is 0 Å². The Bertz CT molecular complexity index is 557. The highest BCUT2D eigenvalue weighted by atomic mass is 79.9. The fourth-order valence-corrected chi connectivity index (χ4v) is 2.18. The van der Waals surface area contributed by atoms with Crippen LogP contribution in [0.4, 0.5) is 16.2 Å². The number of hydrogen-bond acceptors (Lipinski definition) is 4. The van der Waals surface area contributed by atoms with Crippen LogP contribution in [0.25, 0.3) is 0 Å². The van der Waals surface area contributed by atoms with Crippen molar-refractivity contribution in [2.24, 2.45) is 0 Å². The molecule has 2 rings (SSSR count). The predicted molar refractivity (Wildman–Crippen MR) is 75.6 cm³/mol. The molecule has 0 fully saturated rings. The smallest absolute Gasteiger partial charge is 0.225 e.